The van der Waals surface area contributed by atoms with E-state index in [-0.39, 0.29) is 24.2 Å². The van der Waals surface area contributed by atoms with Crippen molar-refractivity contribution in [2.24, 2.45) is 0 Å². The molecule has 0 aromatic heterocycles. The second-order valence-corrected chi connectivity index (χ2v) is 3.25. The van der Waals surface area contributed by atoms with Crippen LogP contribution in [0, 0.1) is 0 Å². The molecule has 66 valence electrons. The number of ether oxygens (including phenoxy) is 1. The van der Waals surface area contributed by atoms with Gasteiger partial charge in [0.05, 0.1) is 25.6 Å². The molecule has 2 saturated heterocycles. The van der Waals surface area contributed by atoms with Crippen LogP contribution in [0.2, 0.25) is 0 Å². The van der Waals surface area contributed by atoms with Gasteiger partial charge in [-0.3, -0.25) is 9.59 Å². The lowest BCUT2D eigenvalue weighted by Gasteiger charge is -2.20. The summed E-state index contributed by atoms with van der Waals surface area (Å²) in [5.74, 6) is 0.00222. The first-order valence-corrected chi connectivity index (χ1v) is 4.16. The maximum atomic E-state index is 11.2. The summed E-state index contributed by atoms with van der Waals surface area (Å²) in [6.07, 6.45) is 0.968. The molecule has 0 saturated carbocycles. The zero-order valence-corrected chi connectivity index (χ0v) is 6.78. The zero-order valence-electron chi connectivity index (χ0n) is 6.78. The fraction of sp³-hybridized carbons (Fsp3) is 0.750. The maximum absolute atomic E-state index is 11.2. The largest absolute Gasteiger partial charge is 0.379 e. The summed E-state index contributed by atoms with van der Waals surface area (Å²) >= 11 is 0. The molecule has 0 N–H and O–H groups in total. The van der Waals surface area contributed by atoms with Gasteiger partial charge in [-0.05, 0) is 6.42 Å². The second-order valence-electron chi connectivity index (χ2n) is 3.25. The Kier molecular flexibility index (Phi) is 1.84. The Morgan fingerprint density at radius 1 is 1.42 bits per heavy atom. The molecule has 0 spiro atoms. The first-order chi connectivity index (χ1) is 5.77. The van der Waals surface area contributed by atoms with Crippen molar-refractivity contribution in [3.05, 3.63) is 0 Å². The number of ketones is 1. The van der Waals surface area contributed by atoms with Crippen LogP contribution in [0.15, 0.2) is 0 Å². The Hall–Kier alpha value is -0.900. The van der Waals surface area contributed by atoms with Gasteiger partial charge in [0.15, 0.2) is 5.78 Å². The Bertz CT molecular complexity index is 220. The SMILES string of the molecule is O=C1CC(=O)N(C2CCOC2)C1. The third-order valence-corrected chi connectivity index (χ3v) is 2.36. The van der Waals surface area contributed by atoms with Gasteiger partial charge in [0.2, 0.25) is 5.91 Å². The average molecular weight is 169 g/mol. The molecule has 1 unspecified atom stereocenters. The summed E-state index contributed by atoms with van der Waals surface area (Å²) in [5, 5.41) is 0. The van der Waals surface area contributed by atoms with E-state index in [0.29, 0.717) is 19.8 Å². The van der Waals surface area contributed by atoms with E-state index in [2.05, 4.69) is 0 Å². The third kappa shape index (κ3) is 1.22. The van der Waals surface area contributed by atoms with E-state index in [1.807, 2.05) is 0 Å². The predicted molar refractivity (Wildman–Crippen MR) is 40.6 cm³/mol. The normalized spacial score (nSPS) is 30.3. The first kappa shape index (κ1) is 7.73. The molecular formula is C8H11NO3. The molecule has 2 rings (SSSR count). The van der Waals surface area contributed by atoms with E-state index in [1.165, 1.54) is 0 Å². The third-order valence-electron chi connectivity index (χ3n) is 2.36. The summed E-state index contributed by atoms with van der Waals surface area (Å²) in [7, 11) is 0. The van der Waals surface area contributed by atoms with Gasteiger partial charge in [0, 0.05) is 6.61 Å². The molecule has 2 aliphatic heterocycles. The lowest BCUT2D eigenvalue weighted by atomic mass is 10.2. The molecule has 0 bridgehead atoms. The molecule has 0 radical (unpaired) electrons. The number of carbonyl (C=O) groups excluding carboxylic acids is 2. The van der Waals surface area contributed by atoms with Crippen molar-refractivity contribution in [2.75, 3.05) is 19.8 Å². The monoisotopic (exact) mass is 169 g/mol. The summed E-state index contributed by atoms with van der Waals surface area (Å²) in [6.45, 7) is 1.61. The van der Waals surface area contributed by atoms with Crippen molar-refractivity contribution in [3.63, 3.8) is 0 Å². The maximum Gasteiger partial charge on any atom is 0.230 e. The summed E-state index contributed by atoms with van der Waals surface area (Å²) in [5.41, 5.74) is 0. The van der Waals surface area contributed by atoms with Gasteiger partial charge in [-0.15, -0.1) is 0 Å². The molecule has 2 heterocycles. The molecule has 1 amide bonds. The number of amides is 1. The zero-order chi connectivity index (χ0) is 8.55. The van der Waals surface area contributed by atoms with Gasteiger partial charge < -0.3 is 9.64 Å². The van der Waals surface area contributed by atoms with Crippen molar-refractivity contribution < 1.29 is 14.3 Å². The highest BCUT2D eigenvalue weighted by Crippen LogP contribution is 2.17. The van der Waals surface area contributed by atoms with E-state index < -0.39 is 0 Å². The fourth-order valence-electron chi connectivity index (χ4n) is 1.70. The van der Waals surface area contributed by atoms with Crippen LogP contribution in [-0.4, -0.2) is 42.4 Å². The molecule has 2 aliphatic rings. The van der Waals surface area contributed by atoms with E-state index in [9.17, 15) is 9.59 Å². The number of likely N-dealkylation sites (tertiary alicyclic amines) is 1. The molecule has 0 aromatic carbocycles. The molecule has 0 aromatic rings. The summed E-state index contributed by atoms with van der Waals surface area (Å²) in [4.78, 5) is 23.8. The Morgan fingerprint density at radius 2 is 2.25 bits per heavy atom. The highest BCUT2D eigenvalue weighted by molar-refractivity contribution is 6.05. The molecular weight excluding hydrogens is 158 g/mol. The second kappa shape index (κ2) is 2.86. The van der Waals surface area contributed by atoms with Gasteiger partial charge in [-0.25, -0.2) is 0 Å². The number of nitrogens with zero attached hydrogens (tertiary/aromatic N) is 1. The topological polar surface area (TPSA) is 46.6 Å². The van der Waals surface area contributed by atoms with Crippen LogP contribution >= 0.6 is 0 Å². The van der Waals surface area contributed by atoms with Gasteiger partial charge in [0.1, 0.15) is 0 Å². The number of Topliss-reactive ketones (excluding diaryl/α,β-unsaturated/α-hetero) is 1. The quantitative estimate of drug-likeness (QED) is 0.501. The number of carbonyl (C=O) groups is 2. The van der Waals surface area contributed by atoms with E-state index in [4.69, 9.17) is 4.74 Å². The highest BCUT2D eigenvalue weighted by Gasteiger charge is 2.34. The standard InChI is InChI=1S/C8H11NO3/c10-7-3-8(11)9(4-7)6-1-2-12-5-6/h6H,1-5H2. The molecule has 1 atom stereocenters. The average Bonchev–Trinajstić information content (AvgIpc) is 2.58. The minimum atomic E-state index is -0.0319. The summed E-state index contributed by atoms with van der Waals surface area (Å²) in [6, 6.07) is 0.156. The lowest BCUT2D eigenvalue weighted by molar-refractivity contribution is -0.129. The minimum Gasteiger partial charge on any atom is -0.379 e. The van der Waals surface area contributed by atoms with Crippen molar-refractivity contribution in [2.45, 2.75) is 18.9 Å². The van der Waals surface area contributed by atoms with Gasteiger partial charge in [-0.2, -0.15) is 0 Å². The molecule has 2 fully saturated rings. The smallest absolute Gasteiger partial charge is 0.230 e. The van der Waals surface area contributed by atoms with Crippen molar-refractivity contribution >= 4 is 11.7 Å². The van der Waals surface area contributed by atoms with Crippen LogP contribution in [0.3, 0.4) is 0 Å². The van der Waals surface area contributed by atoms with Crippen LogP contribution < -0.4 is 0 Å². The predicted octanol–water partition coefficient (Wildman–Crippen LogP) is -0.423. The van der Waals surface area contributed by atoms with E-state index in [0.717, 1.165) is 6.42 Å². The number of hydrogen-bond acceptors (Lipinski definition) is 3. The number of hydrogen-bond donors (Lipinski definition) is 0. The Morgan fingerprint density at radius 3 is 2.75 bits per heavy atom. The van der Waals surface area contributed by atoms with Crippen LogP contribution in [0.5, 0.6) is 0 Å². The lowest BCUT2D eigenvalue weighted by Crippen LogP contribution is -2.36. The van der Waals surface area contributed by atoms with Crippen molar-refractivity contribution in [1.82, 2.24) is 4.90 Å². The van der Waals surface area contributed by atoms with E-state index in [1.54, 1.807) is 4.90 Å². The van der Waals surface area contributed by atoms with Crippen LogP contribution in [0.1, 0.15) is 12.8 Å². The molecule has 12 heavy (non-hydrogen) atoms. The van der Waals surface area contributed by atoms with Gasteiger partial charge in [-0.1, -0.05) is 0 Å². The van der Waals surface area contributed by atoms with Gasteiger partial charge >= 0.3 is 0 Å². The Labute approximate surface area is 70.5 Å². The molecule has 4 heteroatoms. The van der Waals surface area contributed by atoms with E-state index >= 15 is 0 Å². The van der Waals surface area contributed by atoms with Crippen molar-refractivity contribution in [3.8, 4) is 0 Å². The highest BCUT2D eigenvalue weighted by atomic mass is 16.5. The fourth-order valence-corrected chi connectivity index (χ4v) is 1.70. The summed E-state index contributed by atoms with van der Waals surface area (Å²) < 4.78 is 5.15. The first-order valence-electron chi connectivity index (χ1n) is 4.16. The number of rotatable bonds is 1. The minimum absolute atomic E-state index is 0.0319. The van der Waals surface area contributed by atoms with Crippen molar-refractivity contribution in [1.29, 1.82) is 0 Å². The Balaban J connectivity index is 2.03. The molecule has 4 nitrogen and oxygen atoms in total. The van der Waals surface area contributed by atoms with Crippen LogP contribution in [0.25, 0.3) is 0 Å². The van der Waals surface area contributed by atoms with Gasteiger partial charge in [0.25, 0.3) is 0 Å². The van der Waals surface area contributed by atoms with Crippen LogP contribution in [0.4, 0.5) is 0 Å². The molecule has 0 aliphatic carbocycles. The van der Waals surface area contributed by atoms with Crippen LogP contribution in [-0.2, 0) is 14.3 Å².